The Kier molecular flexibility index (Phi) is 5.96. The summed E-state index contributed by atoms with van der Waals surface area (Å²) in [6.45, 7) is 11.5. The number of nitrogens with one attached hydrogen (secondary N) is 1. The molecule has 0 unspecified atom stereocenters. The van der Waals surface area contributed by atoms with E-state index in [1.54, 1.807) is 0 Å². The highest BCUT2D eigenvalue weighted by molar-refractivity contribution is 5.80. The molecule has 5 heteroatoms. The van der Waals surface area contributed by atoms with Crippen molar-refractivity contribution < 1.29 is 0 Å². The first-order valence-corrected chi connectivity index (χ1v) is 9.64. The minimum atomic E-state index is 0.377. The monoisotopic (exact) mass is 353 g/mol. The van der Waals surface area contributed by atoms with Crippen LogP contribution >= 0.6 is 0 Å². The van der Waals surface area contributed by atoms with Crippen LogP contribution < -0.4 is 5.32 Å². The number of rotatable bonds is 6. The maximum atomic E-state index is 4.86. The van der Waals surface area contributed by atoms with Gasteiger partial charge in [-0.05, 0) is 24.3 Å². The number of aliphatic imine (C=N–C) groups is 1. The van der Waals surface area contributed by atoms with Crippen LogP contribution in [0, 0.1) is 5.41 Å². The molecule has 0 saturated carbocycles. The molecule has 3 rings (SSSR count). The molecule has 1 saturated heterocycles. The Bertz CT molecular complexity index is 717. The molecule has 5 nitrogen and oxygen atoms in total. The molecule has 1 aliphatic rings. The second-order valence-electron chi connectivity index (χ2n) is 7.78. The highest BCUT2D eigenvalue weighted by atomic mass is 15.3. The van der Waals surface area contributed by atoms with E-state index in [0.29, 0.717) is 5.41 Å². The van der Waals surface area contributed by atoms with Crippen molar-refractivity contribution in [3.63, 3.8) is 0 Å². The van der Waals surface area contributed by atoms with Crippen molar-refractivity contribution >= 4 is 5.96 Å². The summed E-state index contributed by atoms with van der Waals surface area (Å²) in [5.41, 5.74) is 1.67. The molecule has 1 aliphatic heterocycles. The van der Waals surface area contributed by atoms with Gasteiger partial charge in [0.2, 0.25) is 0 Å². The van der Waals surface area contributed by atoms with Gasteiger partial charge in [0.1, 0.15) is 5.82 Å². The van der Waals surface area contributed by atoms with Crippen LogP contribution in [0.5, 0.6) is 0 Å². The first-order valence-electron chi connectivity index (χ1n) is 9.64. The van der Waals surface area contributed by atoms with E-state index in [-0.39, 0.29) is 0 Å². The Balaban J connectivity index is 1.61. The zero-order valence-electron chi connectivity index (χ0n) is 16.3. The highest BCUT2D eigenvalue weighted by Gasteiger charge is 2.30. The van der Waals surface area contributed by atoms with Crippen LogP contribution in [0.2, 0.25) is 0 Å². The van der Waals surface area contributed by atoms with Gasteiger partial charge < -0.3 is 14.8 Å². The lowest BCUT2D eigenvalue weighted by molar-refractivity contribution is 0.370. The topological polar surface area (TPSA) is 45.5 Å². The zero-order chi connectivity index (χ0) is 18.4. The number of imidazole rings is 1. The lowest BCUT2D eigenvalue weighted by Crippen LogP contribution is -2.40. The van der Waals surface area contributed by atoms with E-state index in [1.807, 2.05) is 6.20 Å². The highest BCUT2D eigenvalue weighted by Crippen LogP contribution is 2.28. The van der Waals surface area contributed by atoms with Crippen LogP contribution in [-0.2, 0) is 13.0 Å². The predicted molar refractivity (Wildman–Crippen MR) is 107 cm³/mol. The van der Waals surface area contributed by atoms with Gasteiger partial charge in [-0.15, -0.1) is 0 Å². The minimum Gasteiger partial charge on any atom is -0.357 e. The van der Waals surface area contributed by atoms with E-state index < -0.39 is 0 Å². The van der Waals surface area contributed by atoms with Crippen molar-refractivity contribution in [3.05, 3.63) is 54.1 Å². The summed E-state index contributed by atoms with van der Waals surface area (Å²) in [6, 6.07) is 10.5. The summed E-state index contributed by atoms with van der Waals surface area (Å²) in [6.07, 6.45) is 6.02. The third-order valence-corrected chi connectivity index (χ3v) is 4.91. The van der Waals surface area contributed by atoms with E-state index in [1.165, 1.54) is 12.0 Å². The van der Waals surface area contributed by atoms with E-state index in [4.69, 9.17) is 4.99 Å². The Hall–Kier alpha value is -2.30. The first kappa shape index (κ1) is 18.5. The van der Waals surface area contributed by atoms with Gasteiger partial charge in [0.05, 0.1) is 0 Å². The number of guanidine groups is 1. The van der Waals surface area contributed by atoms with E-state index in [9.17, 15) is 0 Å². The Labute approximate surface area is 157 Å². The second-order valence-corrected chi connectivity index (χ2v) is 7.78. The van der Waals surface area contributed by atoms with Gasteiger partial charge in [0.25, 0.3) is 0 Å². The second kappa shape index (κ2) is 8.39. The van der Waals surface area contributed by atoms with Crippen LogP contribution in [0.25, 0.3) is 0 Å². The molecule has 1 aromatic heterocycles. The van der Waals surface area contributed by atoms with Crippen molar-refractivity contribution in [2.45, 2.75) is 40.2 Å². The van der Waals surface area contributed by atoms with E-state index in [0.717, 1.165) is 50.9 Å². The molecule has 140 valence electrons. The third kappa shape index (κ3) is 4.87. The number of hydrogen-bond acceptors (Lipinski definition) is 2. The zero-order valence-corrected chi connectivity index (χ0v) is 16.3. The summed E-state index contributed by atoms with van der Waals surface area (Å²) in [7, 11) is 0. The Morgan fingerprint density at radius 3 is 2.77 bits per heavy atom. The van der Waals surface area contributed by atoms with Gasteiger partial charge in [0.15, 0.2) is 5.96 Å². The van der Waals surface area contributed by atoms with Crippen LogP contribution in [0.1, 0.15) is 38.6 Å². The molecular formula is C21H31N5. The van der Waals surface area contributed by atoms with Crippen molar-refractivity contribution in [2.75, 3.05) is 26.2 Å². The molecule has 26 heavy (non-hydrogen) atoms. The van der Waals surface area contributed by atoms with Crippen molar-refractivity contribution in [3.8, 4) is 0 Å². The first-order chi connectivity index (χ1) is 12.6. The van der Waals surface area contributed by atoms with E-state index >= 15 is 0 Å². The van der Waals surface area contributed by atoms with Crippen LogP contribution in [0.3, 0.4) is 0 Å². The maximum absolute atomic E-state index is 4.86. The molecule has 2 heterocycles. The fourth-order valence-electron chi connectivity index (χ4n) is 3.47. The van der Waals surface area contributed by atoms with Crippen LogP contribution in [0.4, 0.5) is 0 Å². The predicted octanol–water partition coefficient (Wildman–Crippen LogP) is 3.17. The number of likely N-dealkylation sites (tertiary alicyclic amines) is 1. The quantitative estimate of drug-likeness (QED) is 0.641. The summed E-state index contributed by atoms with van der Waals surface area (Å²) in [5, 5.41) is 3.45. The van der Waals surface area contributed by atoms with Gasteiger partial charge >= 0.3 is 0 Å². The Morgan fingerprint density at radius 2 is 2.08 bits per heavy atom. The van der Waals surface area contributed by atoms with Gasteiger partial charge in [-0.3, -0.25) is 4.99 Å². The fraction of sp³-hybridized carbons (Fsp3) is 0.524. The summed E-state index contributed by atoms with van der Waals surface area (Å²) >= 11 is 0. The molecule has 1 N–H and O–H groups in total. The molecule has 0 amide bonds. The summed E-state index contributed by atoms with van der Waals surface area (Å²) in [4.78, 5) is 11.8. The molecular weight excluding hydrogens is 322 g/mol. The average Bonchev–Trinajstić information content (AvgIpc) is 3.21. The number of nitrogens with zero attached hydrogens (tertiary/aromatic N) is 4. The normalized spacial score (nSPS) is 16.9. The van der Waals surface area contributed by atoms with Gasteiger partial charge in [-0.2, -0.15) is 0 Å². The average molecular weight is 354 g/mol. The standard InChI is InChI=1S/C21H31N5/c1-4-22-20(26-14-11-21(2,3)17-26)24-12-10-19-23-13-15-25(19)16-18-8-6-5-7-9-18/h5-9,13,15H,4,10-12,14,16-17H2,1-3H3,(H,22,24). The van der Waals surface area contributed by atoms with Crippen LogP contribution in [0.15, 0.2) is 47.7 Å². The number of benzene rings is 1. The molecule has 0 aliphatic carbocycles. The lowest BCUT2D eigenvalue weighted by atomic mass is 9.93. The number of hydrogen-bond donors (Lipinski definition) is 1. The van der Waals surface area contributed by atoms with Crippen molar-refractivity contribution in [1.82, 2.24) is 19.8 Å². The lowest BCUT2D eigenvalue weighted by Gasteiger charge is -2.23. The molecule has 0 radical (unpaired) electrons. The molecule has 1 fully saturated rings. The number of aromatic nitrogens is 2. The van der Waals surface area contributed by atoms with Gasteiger partial charge in [0, 0.05) is 51.5 Å². The van der Waals surface area contributed by atoms with E-state index in [2.05, 4.69) is 77.1 Å². The molecule has 0 spiro atoms. The summed E-state index contributed by atoms with van der Waals surface area (Å²) in [5.74, 6) is 2.13. The van der Waals surface area contributed by atoms with Crippen LogP contribution in [-0.4, -0.2) is 46.6 Å². The third-order valence-electron chi connectivity index (χ3n) is 4.91. The van der Waals surface area contributed by atoms with Gasteiger partial charge in [-0.1, -0.05) is 44.2 Å². The molecule has 2 aromatic rings. The minimum absolute atomic E-state index is 0.377. The molecule has 0 bridgehead atoms. The smallest absolute Gasteiger partial charge is 0.193 e. The maximum Gasteiger partial charge on any atom is 0.193 e. The SMILES string of the molecule is CCNC(=NCCc1nccn1Cc1ccccc1)N1CCC(C)(C)C1. The van der Waals surface area contributed by atoms with Gasteiger partial charge in [-0.25, -0.2) is 4.98 Å². The Morgan fingerprint density at radius 1 is 1.27 bits per heavy atom. The van der Waals surface area contributed by atoms with Crippen molar-refractivity contribution in [1.29, 1.82) is 0 Å². The largest absolute Gasteiger partial charge is 0.357 e. The summed E-state index contributed by atoms with van der Waals surface area (Å²) < 4.78 is 2.22. The molecule has 0 atom stereocenters. The molecule has 1 aromatic carbocycles. The van der Waals surface area contributed by atoms with Crippen molar-refractivity contribution in [2.24, 2.45) is 10.4 Å². The fourth-order valence-corrected chi connectivity index (χ4v) is 3.47.